The van der Waals surface area contributed by atoms with Crippen molar-refractivity contribution < 1.29 is 4.39 Å². The molecule has 0 fully saturated rings. The van der Waals surface area contributed by atoms with E-state index in [2.05, 4.69) is 0 Å². The van der Waals surface area contributed by atoms with E-state index in [4.69, 9.17) is 0 Å². The molecule has 1 aromatic rings. The van der Waals surface area contributed by atoms with Crippen LogP contribution in [0.5, 0.6) is 0 Å². The first kappa shape index (κ1) is 9.70. The van der Waals surface area contributed by atoms with Crippen LogP contribution in [-0.2, 0) is 0 Å². The Morgan fingerprint density at radius 3 is 2.77 bits per heavy atom. The third-order valence-corrected chi connectivity index (χ3v) is 1.99. The van der Waals surface area contributed by atoms with Crippen molar-refractivity contribution in [3.05, 3.63) is 32.9 Å². The van der Waals surface area contributed by atoms with Gasteiger partial charge in [-0.2, -0.15) is 4.39 Å². The van der Waals surface area contributed by atoms with Crippen LogP contribution in [0.4, 0.5) is 4.39 Å². The van der Waals surface area contributed by atoms with Crippen molar-refractivity contribution in [1.82, 2.24) is 9.55 Å². The van der Waals surface area contributed by atoms with Gasteiger partial charge >= 0.3 is 5.69 Å². The maximum Gasteiger partial charge on any atom is 0.328 e. The quantitative estimate of drug-likeness (QED) is 0.737. The Morgan fingerprint density at radius 1 is 1.62 bits per heavy atom. The molecule has 0 saturated heterocycles. The van der Waals surface area contributed by atoms with E-state index < -0.39 is 17.1 Å². The van der Waals surface area contributed by atoms with E-state index in [1.807, 2.05) is 11.9 Å². The molecule has 0 saturated carbocycles. The fourth-order valence-electron chi connectivity index (χ4n) is 0.985. The minimum absolute atomic E-state index is 0.112. The van der Waals surface area contributed by atoms with Crippen LogP contribution in [0.25, 0.3) is 0 Å². The number of nitrogens with zero attached hydrogens (tertiary/aromatic N) is 1. The predicted molar refractivity (Wildman–Crippen MR) is 46.3 cm³/mol. The lowest BCUT2D eigenvalue weighted by atomic mass is 10.2. The van der Waals surface area contributed by atoms with Gasteiger partial charge in [0.05, 0.1) is 6.20 Å². The van der Waals surface area contributed by atoms with E-state index in [0.717, 1.165) is 6.20 Å². The van der Waals surface area contributed by atoms with E-state index in [0.29, 0.717) is 6.42 Å². The molecule has 0 spiro atoms. The molecule has 1 rings (SSSR count). The van der Waals surface area contributed by atoms with Crippen LogP contribution in [0.3, 0.4) is 0 Å². The highest BCUT2D eigenvalue weighted by Gasteiger charge is 2.07. The number of H-pyrrole nitrogens is 1. The zero-order chi connectivity index (χ0) is 10.0. The van der Waals surface area contributed by atoms with E-state index in [1.54, 1.807) is 6.92 Å². The molecule has 4 nitrogen and oxygen atoms in total. The lowest BCUT2D eigenvalue weighted by Gasteiger charge is -2.10. The lowest BCUT2D eigenvalue weighted by molar-refractivity contribution is 0.474. The summed E-state index contributed by atoms with van der Waals surface area (Å²) in [6.45, 7) is 3.65. The SMILES string of the molecule is CCC(C)n1cc(F)c(=O)[nH]c1=O. The fourth-order valence-corrected chi connectivity index (χ4v) is 0.985. The molecule has 0 bridgehead atoms. The molecule has 1 unspecified atom stereocenters. The summed E-state index contributed by atoms with van der Waals surface area (Å²) in [7, 11) is 0. The Labute approximate surface area is 74.0 Å². The Balaban J connectivity index is 3.32. The second-order valence-corrected chi connectivity index (χ2v) is 2.90. The molecule has 72 valence electrons. The van der Waals surface area contributed by atoms with Gasteiger partial charge in [0, 0.05) is 6.04 Å². The van der Waals surface area contributed by atoms with Gasteiger partial charge in [-0.15, -0.1) is 0 Å². The number of halogens is 1. The summed E-state index contributed by atoms with van der Waals surface area (Å²) >= 11 is 0. The smallest absolute Gasteiger partial charge is 0.295 e. The molecule has 1 N–H and O–H groups in total. The average molecular weight is 186 g/mol. The molecular formula is C8H11FN2O2. The molecule has 1 heterocycles. The van der Waals surface area contributed by atoms with Gasteiger partial charge in [0.15, 0.2) is 0 Å². The van der Waals surface area contributed by atoms with Crippen LogP contribution in [0.1, 0.15) is 26.3 Å². The number of hydrogen-bond acceptors (Lipinski definition) is 2. The van der Waals surface area contributed by atoms with Gasteiger partial charge in [-0.25, -0.2) is 4.79 Å². The van der Waals surface area contributed by atoms with Gasteiger partial charge in [-0.1, -0.05) is 6.92 Å². The highest BCUT2D eigenvalue weighted by Crippen LogP contribution is 2.04. The first-order valence-electron chi connectivity index (χ1n) is 4.07. The summed E-state index contributed by atoms with van der Waals surface area (Å²) in [5, 5.41) is 0. The molecule has 0 aliphatic heterocycles. The van der Waals surface area contributed by atoms with Gasteiger partial charge in [0.1, 0.15) is 0 Å². The van der Waals surface area contributed by atoms with Gasteiger partial charge in [-0.05, 0) is 13.3 Å². The largest absolute Gasteiger partial charge is 0.328 e. The molecule has 1 aromatic heterocycles. The van der Waals surface area contributed by atoms with Crippen molar-refractivity contribution in [2.45, 2.75) is 26.3 Å². The third kappa shape index (κ3) is 1.85. The van der Waals surface area contributed by atoms with Crippen LogP contribution in [0.15, 0.2) is 15.8 Å². The monoisotopic (exact) mass is 186 g/mol. The number of aromatic nitrogens is 2. The maximum absolute atomic E-state index is 12.8. The first-order chi connectivity index (χ1) is 6.06. The molecule has 0 amide bonds. The van der Waals surface area contributed by atoms with E-state index in [9.17, 15) is 14.0 Å². The van der Waals surface area contributed by atoms with Gasteiger partial charge in [0.2, 0.25) is 5.82 Å². The van der Waals surface area contributed by atoms with Crippen molar-refractivity contribution in [1.29, 1.82) is 0 Å². The minimum atomic E-state index is -0.968. The van der Waals surface area contributed by atoms with E-state index in [-0.39, 0.29) is 6.04 Å². The first-order valence-corrected chi connectivity index (χ1v) is 4.07. The zero-order valence-electron chi connectivity index (χ0n) is 7.50. The van der Waals surface area contributed by atoms with Crippen molar-refractivity contribution in [2.75, 3.05) is 0 Å². The molecule has 0 aliphatic rings. The van der Waals surface area contributed by atoms with Crippen molar-refractivity contribution >= 4 is 0 Å². The summed E-state index contributed by atoms with van der Waals surface area (Å²) in [5.41, 5.74) is -1.54. The normalized spacial score (nSPS) is 12.8. The predicted octanol–water partition coefficient (Wildman–Crippen LogP) is 0.647. The highest BCUT2D eigenvalue weighted by molar-refractivity contribution is 4.88. The molecule has 13 heavy (non-hydrogen) atoms. The van der Waals surface area contributed by atoms with E-state index in [1.165, 1.54) is 4.57 Å². The molecule has 0 radical (unpaired) electrons. The fraction of sp³-hybridized carbons (Fsp3) is 0.500. The summed E-state index contributed by atoms with van der Waals surface area (Å²) in [5.74, 6) is -0.931. The van der Waals surface area contributed by atoms with Crippen LogP contribution in [0.2, 0.25) is 0 Å². The average Bonchev–Trinajstić information content (AvgIpc) is 2.10. The summed E-state index contributed by atoms with van der Waals surface area (Å²) in [6, 6.07) is -0.112. The second kappa shape index (κ2) is 3.55. The van der Waals surface area contributed by atoms with Gasteiger partial charge < -0.3 is 0 Å². The molecule has 5 heteroatoms. The Morgan fingerprint density at radius 2 is 2.23 bits per heavy atom. The Hall–Kier alpha value is -1.39. The molecular weight excluding hydrogens is 175 g/mol. The topological polar surface area (TPSA) is 54.9 Å². The minimum Gasteiger partial charge on any atom is -0.295 e. The van der Waals surface area contributed by atoms with Crippen LogP contribution >= 0.6 is 0 Å². The molecule has 0 aromatic carbocycles. The van der Waals surface area contributed by atoms with Crippen LogP contribution in [-0.4, -0.2) is 9.55 Å². The Bertz CT molecular complexity index is 407. The number of nitrogens with one attached hydrogen (secondary N) is 1. The summed E-state index contributed by atoms with van der Waals surface area (Å²) < 4.78 is 13.9. The Kier molecular flexibility index (Phi) is 2.65. The van der Waals surface area contributed by atoms with Crippen molar-refractivity contribution in [3.8, 4) is 0 Å². The van der Waals surface area contributed by atoms with Crippen molar-refractivity contribution in [3.63, 3.8) is 0 Å². The molecule has 1 atom stereocenters. The number of rotatable bonds is 2. The van der Waals surface area contributed by atoms with Crippen LogP contribution < -0.4 is 11.2 Å². The summed E-state index contributed by atoms with van der Waals surface area (Å²) in [4.78, 5) is 23.7. The third-order valence-electron chi connectivity index (χ3n) is 1.99. The lowest BCUT2D eigenvalue weighted by Crippen LogP contribution is -2.32. The zero-order valence-corrected chi connectivity index (χ0v) is 7.50. The summed E-state index contributed by atoms with van der Waals surface area (Å²) in [6.07, 6.45) is 1.64. The second-order valence-electron chi connectivity index (χ2n) is 2.90. The number of aromatic amines is 1. The van der Waals surface area contributed by atoms with Gasteiger partial charge in [-0.3, -0.25) is 14.3 Å². The van der Waals surface area contributed by atoms with E-state index >= 15 is 0 Å². The van der Waals surface area contributed by atoms with Crippen LogP contribution in [0, 0.1) is 5.82 Å². The number of hydrogen-bond donors (Lipinski definition) is 1. The van der Waals surface area contributed by atoms with Gasteiger partial charge in [0.25, 0.3) is 5.56 Å². The standard InChI is InChI=1S/C8H11FN2O2/c1-3-5(2)11-4-6(9)7(12)10-8(11)13/h4-5H,3H2,1-2H3,(H,10,12,13). The molecule has 0 aliphatic carbocycles. The van der Waals surface area contributed by atoms with Crippen molar-refractivity contribution in [2.24, 2.45) is 0 Å². The highest BCUT2D eigenvalue weighted by atomic mass is 19.1. The maximum atomic E-state index is 12.8.